The van der Waals surface area contributed by atoms with Crippen molar-refractivity contribution in [1.29, 1.82) is 0 Å². The number of aromatic nitrogens is 1. The molecule has 0 bridgehead atoms. The predicted octanol–water partition coefficient (Wildman–Crippen LogP) is 6.80. The van der Waals surface area contributed by atoms with Gasteiger partial charge in [-0.3, -0.25) is 15.0 Å². The van der Waals surface area contributed by atoms with Crippen molar-refractivity contribution in [2.75, 3.05) is 5.43 Å². The Morgan fingerprint density at radius 3 is 2.48 bits per heavy atom. The maximum atomic E-state index is 14.6. The summed E-state index contributed by atoms with van der Waals surface area (Å²) in [5, 5.41) is 11.3. The standard InChI is InChI=1S/C28H19Cl2F4N3O3/c1-2-14-6-11-19-25(39)37(36-24-20(30)12-16(13-35-24)28(32,33)34)26(40)27(19,15-7-9-17(29)10-8-15)22(14)18-4-3-5-21(31)23(18)38/h2-10,12-13,19,22,38H,1,11H2,(H,35,36). The van der Waals surface area contributed by atoms with Crippen molar-refractivity contribution in [3.8, 4) is 5.75 Å². The Hall–Kier alpha value is -3.89. The quantitative estimate of drug-likeness (QED) is 0.252. The van der Waals surface area contributed by atoms with Crippen molar-refractivity contribution in [3.05, 3.63) is 112 Å². The van der Waals surface area contributed by atoms with Crippen LogP contribution in [0.25, 0.3) is 0 Å². The molecule has 0 spiro atoms. The first kappa shape index (κ1) is 27.7. The molecular formula is C28H19Cl2F4N3O3. The van der Waals surface area contributed by atoms with Crippen LogP contribution in [-0.2, 0) is 21.2 Å². The molecule has 12 heteroatoms. The van der Waals surface area contributed by atoms with Crippen molar-refractivity contribution in [1.82, 2.24) is 9.99 Å². The minimum Gasteiger partial charge on any atom is -0.505 e. The number of alkyl halides is 3. The van der Waals surface area contributed by atoms with E-state index in [9.17, 15) is 32.3 Å². The van der Waals surface area contributed by atoms with E-state index in [1.54, 1.807) is 18.2 Å². The van der Waals surface area contributed by atoms with Crippen LogP contribution in [0.5, 0.6) is 5.75 Å². The van der Waals surface area contributed by atoms with Crippen LogP contribution in [0.1, 0.15) is 29.0 Å². The Kier molecular flexibility index (Phi) is 6.87. The molecule has 1 aliphatic heterocycles. The molecule has 3 aromatic rings. The molecular weight excluding hydrogens is 573 g/mol. The first-order valence-electron chi connectivity index (χ1n) is 11.8. The van der Waals surface area contributed by atoms with Gasteiger partial charge in [0.15, 0.2) is 17.4 Å². The highest BCUT2D eigenvalue weighted by molar-refractivity contribution is 6.33. The fourth-order valence-corrected chi connectivity index (χ4v) is 5.86. The van der Waals surface area contributed by atoms with Crippen LogP contribution in [0.4, 0.5) is 23.4 Å². The first-order chi connectivity index (χ1) is 18.9. The van der Waals surface area contributed by atoms with Crippen molar-refractivity contribution < 1.29 is 32.3 Å². The Balaban J connectivity index is 1.71. The SMILES string of the molecule is C=CC1=CCC2C(=O)N(Nc3ncc(C(F)(F)F)cc3Cl)C(=O)C2(c2ccc(Cl)cc2)C1c1cccc(F)c1O. The number of rotatable bonds is 5. The fourth-order valence-electron chi connectivity index (χ4n) is 5.53. The highest BCUT2D eigenvalue weighted by Crippen LogP contribution is 2.59. The number of imide groups is 1. The van der Waals surface area contributed by atoms with Crippen molar-refractivity contribution in [2.24, 2.45) is 5.92 Å². The predicted molar refractivity (Wildman–Crippen MR) is 140 cm³/mol. The van der Waals surface area contributed by atoms with Gasteiger partial charge < -0.3 is 5.11 Å². The Morgan fingerprint density at radius 1 is 1.15 bits per heavy atom. The van der Waals surface area contributed by atoms with Gasteiger partial charge in [-0.1, -0.05) is 66.2 Å². The zero-order valence-electron chi connectivity index (χ0n) is 20.3. The zero-order chi connectivity index (χ0) is 29.0. The number of phenolic OH excluding ortho intramolecular Hbond substituents is 1. The molecule has 2 N–H and O–H groups in total. The van der Waals surface area contributed by atoms with Crippen LogP contribution in [0.3, 0.4) is 0 Å². The highest BCUT2D eigenvalue weighted by Gasteiger charge is 2.66. The summed E-state index contributed by atoms with van der Waals surface area (Å²) in [6.45, 7) is 3.83. The summed E-state index contributed by atoms with van der Waals surface area (Å²) in [6.07, 6.45) is -0.988. The first-order valence-corrected chi connectivity index (χ1v) is 12.6. The largest absolute Gasteiger partial charge is 0.505 e. The number of hydrogen-bond acceptors (Lipinski definition) is 5. The molecule has 2 amide bonds. The van der Waals surface area contributed by atoms with E-state index >= 15 is 0 Å². The van der Waals surface area contributed by atoms with Gasteiger partial charge in [0.25, 0.3) is 11.8 Å². The summed E-state index contributed by atoms with van der Waals surface area (Å²) in [7, 11) is 0. The molecule has 3 unspecified atom stereocenters. The second-order valence-corrected chi connectivity index (χ2v) is 10.2. The number of benzene rings is 2. The van der Waals surface area contributed by atoms with Crippen LogP contribution in [-0.4, -0.2) is 26.9 Å². The lowest BCUT2D eigenvalue weighted by molar-refractivity contribution is -0.139. The average Bonchev–Trinajstić information content (AvgIpc) is 3.13. The lowest BCUT2D eigenvalue weighted by Crippen LogP contribution is -2.48. The molecule has 40 heavy (non-hydrogen) atoms. The second-order valence-electron chi connectivity index (χ2n) is 9.33. The summed E-state index contributed by atoms with van der Waals surface area (Å²) < 4.78 is 54.0. The number of anilines is 1. The lowest BCUT2D eigenvalue weighted by atomic mass is 9.56. The number of nitrogens with zero attached hydrogens (tertiary/aromatic N) is 2. The van der Waals surface area contributed by atoms with Gasteiger partial charge in [0.05, 0.1) is 21.9 Å². The number of phenols is 1. The van der Waals surface area contributed by atoms with Gasteiger partial charge in [-0.2, -0.15) is 18.2 Å². The van der Waals surface area contributed by atoms with Gasteiger partial charge in [0.2, 0.25) is 0 Å². The number of pyridine rings is 1. The van der Waals surface area contributed by atoms with Crippen LogP contribution in [0.15, 0.2) is 79.0 Å². The molecule has 6 nitrogen and oxygen atoms in total. The average molecular weight is 592 g/mol. The molecule has 2 aliphatic rings. The number of para-hydroxylation sites is 1. The smallest absolute Gasteiger partial charge is 0.417 e. The summed E-state index contributed by atoms with van der Waals surface area (Å²) in [4.78, 5) is 32.0. The molecule has 1 saturated heterocycles. The monoisotopic (exact) mass is 591 g/mol. The van der Waals surface area contributed by atoms with Crippen LogP contribution in [0.2, 0.25) is 10.0 Å². The van der Waals surface area contributed by atoms with Crippen LogP contribution in [0, 0.1) is 11.7 Å². The normalized spacial score (nSPS) is 22.6. The number of aromatic hydroxyl groups is 1. The molecule has 1 aromatic heterocycles. The van der Waals surface area contributed by atoms with Gasteiger partial charge in [0, 0.05) is 22.7 Å². The molecule has 3 atom stereocenters. The third-order valence-corrected chi connectivity index (χ3v) is 7.82. The molecule has 0 saturated carbocycles. The van der Waals surface area contributed by atoms with Gasteiger partial charge >= 0.3 is 6.18 Å². The molecule has 2 aromatic carbocycles. The third kappa shape index (κ3) is 4.22. The summed E-state index contributed by atoms with van der Waals surface area (Å²) in [5.74, 6) is -5.68. The molecule has 206 valence electrons. The molecule has 5 rings (SSSR count). The van der Waals surface area contributed by atoms with E-state index in [1.165, 1.54) is 30.3 Å². The van der Waals surface area contributed by atoms with Crippen molar-refractivity contribution in [3.63, 3.8) is 0 Å². The lowest BCUT2D eigenvalue weighted by Gasteiger charge is -2.43. The molecule has 0 radical (unpaired) electrons. The van der Waals surface area contributed by atoms with Gasteiger partial charge in [-0.05, 0) is 41.8 Å². The Bertz CT molecular complexity index is 1580. The molecule has 2 heterocycles. The van der Waals surface area contributed by atoms with E-state index in [1.807, 2.05) is 0 Å². The zero-order valence-corrected chi connectivity index (χ0v) is 21.9. The van der Waals surface area contributed by atoms with Gasteiger partial charge in [0.1, 0.15) is 0 Å². The van der Waals surface area contributed by atoms with E-state index < -0.39 is 57.4 Å². The number of halogens is 6. The summed E-state index contributed by atoms with van der Waals surface area (Å²) in [5.41, 5.74) is 0.482. The summed E-state index contributed by atoms with van der Waals surface area (Å²) >= 11 is 12.2. The maximum Gasteiger partial charge on any atom is 0.417 e. The maximum absolute atomic E-state index is 14.6. The van der Waals surface area contributed by atoms with E-state index in [0.717, 1.165) is 6.07 Å². The molecule has 1 fully saturated rings. The number of fused-ring (bicyclic) bond motifs is 1. The third-order valence-electron chi connectivity index (χ3n) is 7.28. The number of hydrogen-bond donors (Lipinski definition) is 2. The number of carbonyl (C=O) groups excluding carboxylic acids is 2. The van der Waals surface area contributed by atoms with Gasteiger partial charge in [-0.15, -0.1) is 0 Å². The topological polar surface area (TPSA) is 82.5 Å². The van der Waals surface area contributed by atoms with E-state index in [0.29, 0.717) is 33.4 Å². The van der Waals surface area contributed by atoms with Crippen LogP contribution >= 0.6 is 23.2 Å². The number of nitrogens with one attached hydrogen (secondary N) is 1. The number of carbonyl (C=O) groups is 2. The second kappa shape index (κ2) is 9.94. The fraction of sp³-hybridized carbons (Fsp3) is 0.179. The van der Waals surface area contributed by atoms with E-state index in [2.05, 4.69) is 17.0 Å². The minimum atomic E-state index is -4.71. The van der Waals surface area contributed by atoms with Crippen molar-refractivity contribution in [2.45, 2.75) is 23.9 Å². The van der Waals surface area contributed by atoms with Gasteiger partial charge in [-0.25, -0.2) is 9.37 Å². The summed E-state index contributed by atoms with van der Waals surface area (Å²) in [6, 6.07) is 10.7. The highest BCUT2D eigenvalue weighted by atomic mass is 35.5. The number of allylic oxidation sites excluding steroid dienone is 3. The van der Waals surface area contributed by atoms with Crippen LogP contribution < -0.4 is 5.43 Å². The number of hydrazine groups is 1. The Labute approximate surface area is 235 Å². The Morgan fingerprint density at radius 2 is 1.85 bits per heavy atom. The van der Waals surface area contributed by atoms with Crippen molar-refractivity contribution >= 4 is 40.8 Å². The number of amides is 2. The molecule has 1 aliphatic carbocycles. The van der Waals surface area contributed by atoms with E-state index in [-0.39, 0.29) is 17.8 Å². The van der Waals surface area contributed by atoms with E-state index in [4.69, 9.17) is 23.2 Å². The minimum absolute atomic E-state index is 0.0412.